The molecule has 0 radical (unpaired) electrons. The Bertz CT molecular complexity index is 1250. The van der Waals surface area contributed by atoms with Crippen molar-refractivity contribution in [3.05, 3.63) is 95.3 Å². The summed E-state index contributed by atoms with van der Waals surface area (Å²) >= 11 is 0. The molecule has 5 heteroatoms. The second-order valence-electron chi connectivity index (χ2n) is 8.74. The third-order valence-electron chi connectivity index (χ3n) is 5.78. The summed E-state index contributed by atoms with van der Waals surface area (Å²) in [5.74, 6) is 0.122. The molecular formula is C28H28FNO3. The second kappa shape index (κ2) is 9.69. The summed E-state index contributed by atoms with van der Waals surface area (Å²) < 4.78 is 20.9. The van der Waals surface area contributed by atoms with Crippen molar-refractivity contribution in [2.24, 2.45) is 0 Å². The quantitative estimate of drug-likeness (QED) is 0.341. The molecule has 0 aliphatic carbocycles. The number of halogens is 1. The van der Waals surface area contributed by atoms with Gasteiger partial charge in [0, 0.05) is 18.5 Å². The van der Waals surface area contributed by atoms with Crippen molar-refractivity contribution in [3.63, 3.8) is 0 Å². The number of likely N-dealkylation sites (N-methyl/N-ethyl adjacent to an activating group) is 1. The third kappa shape index (κ3) is 5.56. The summed E-state index contributed by atoms with van der Waals surface area (Å²) in [4.78, 5) is 12.9. The number of rotatable bonds is 9. The Morgan fingerprint density at radius 3 is 2.45 bits per heavy atom. The van der Waals surface area contributed by atoms with Crippen LogP contribution in [0.5, 0.6) is 0 Å². The van der Waals surface area contributed by atoms with Crippen LogP contribution in [0.3, 0.4) is 0 Å². The molecule has 0 fully saturated rings. The molecule has 1 unspecified atom stereocenters. The van der Waals surface area contributed by atoms with E-state index in [-0.39, 0.29) is 12.4 Å². The third-order valence-corrected chi connectivity index (χ3v) is 5.78. The first-order valence-electron chi connectivity index (χ1n) is 11.1. The fourth-order valence-corrected chi connectivity index (χ4v) is 4.05. The molecule has 0 aliphatic heterocycles. The Hall–Kier alpha value is -3.28. The first kappa shape index (κ1) is 22.9. The van der Waals surface area contributed by atoms with Gasteiger partial charge in [-0.1, -0.05) is 49.4 Å². The Morgan fingerprint density at radius 1 is 1.00 bits per heavy atom. The fraction of sp³-hybridized carbons (Fsp3) is 0.250. The Labute approximate surface area is 193 Å². The Kier molecular flexibility index (Phi) is 6.72. The van der Waals surface area contributed by atoms with Crippen molar-refractivity contribution in [2.75, 3.05) is 13.1 Å². The number of fused-ring (bicyclic) bond motifs is 1. The average Bonchev–Trinajstić information content (AvgIpc) is 3.22. The van der Waals surface area contributed by atoms with Gasteiger partial charge in [-0.2, -0.15) is 0 Å². The van der Waals surface area contributed by atoms with Crippen molar-refractivity contribution in [1.82, 2.24) is 4.90 Å². The molecule has 0 bridgehead atoms. The Balaban J connectivity index is 1.53. The van der Waals surface area contributed by atoms with E-state index < -0.39 is 5.60 Å². The maximum Gasteiger partial charge on any atom is 0.152 e. The molecule has 0 saturated heterocycles. The minimum Gasteiger partial charge on any atom is -0.456 e. The van der Waals surface area contributed by atoms with Gasteiger partial charge in [0.15, 0.2) is 6.29 Å². The maximum absolute atomic E-state index is 15.0. The molecule has 1 heterocycles. The van der Waals surface area contributed by atoms with E-state index in [1.807, 2.05) is 54.3 Å². The van der Waals surface area contributed by atoms with Crippen LogP contribution in [0, 0.1) is 5.82 Å². The molecule has 0 spiro atoms. The van der Waals surface area contributed by atoms with E-state index in [0.717, 1.165) is 23.0 Å². The molecule has 0 aliphatic rings. The predicted molar refractivity (Wildman–Crippen MR) is 128 cm³/mol. The van der Waals surface area contributed by atoms with Crippen LogP contribution in [0.1, 0.15) is 30.5 Å². The van der Waals surface area contributed by atoms with Crippen LogP contribution in [0.15, 0.2) is 77.2 Å². The van der Waals surface area contributed by atoms with E-state index in [1.165, 1.54) is 24.1 Å². The number of hydrogen-bond acceptors (Lipinski definition) is 4. The van der Waals surface area contributed by atoms with Crippen LogP contribution in [-0.2, 0) is 17.8 Å². The predicted octanol–water partition coefficient (Wildman–Crippen LogP) is 5.60. The van der Waals surface area contributed by atoms with E-state index in [9.17, 15) is 9.90 Å². The summed E-state index contributed by atoms with van der Waals surface area (Å²) in [5.41, 5.74) is 2.87. The van der Waals surface area contributed by atoms with Gasteiger partial charge in [-0.3, -0.25) is 4.90 Å². The van der Waals surface area contributed by atoms with Crippen LogP contribution in [0.4, 0.5) is 4.39 Å². The summed E-state index contributed by atoms with van der Waals surface area (Å²) in [6, 6.07) is 23.2. The fourth-order valence-electron chi connectivity index (χ4n) is 4.05. The highest BCUT2D eigenvalue weighted by atomic mass is 19.1. The normalized spacial score (nSPS) is 13.4. The largest absolute Gasteiger partial charge is 0.456 e. The van der Waals surface area contributed by atoms with Crippen molar-refractivity contribution < 1.29 is 18.7 Å². The zero-order valence-corrected chi connectivity index (χ0v) is 18.9. The van der Waals surface area contributed by atoms with Crippen LogP contribution in [0.2, 0.25) is 0 Å². The minimum atomic E-state index is -1.43. The van der Waals surface area contributed by atoms with E-state index in [0.29, 0.717) is 30.7 Å². The van der Waals surface area contributed by atoms with Crippen molar-refractivity contribution >= 4 is 17.3 Å². The van der Waals surface area contributed by atoms with E-state index in [2.05, 4.69) is 18.2 Å². The monoisotopic (exact) mass is 445 g/mol. The zero-order valence-electron chi connectivity index (χ0n) is 18.9. The number of aliphatic hydroxyl groups is 1. The lowest BCUT2D eigenvalue weighted by molar-refractivity contribution is -0.124. The zero-order chi connectivity index (χ0) is 23.4. The first-order chi connectivity index (χ1) is 15.9. The molecular weight excluding hydrogens is 417 g/mol. The number of aldehydes is 1. The molecule has 33 heavy (non-hydrogen) atoms. The summed E-state index contributed by atoms with van der Waals surface area (Å²) in [6.07, 6.45) is 1.36. The van der Waals surface area contributed by atoms with Gasteiger partial charge >= 0.3 is 0 Å². The molecule has 1 N–H and O–H groups in total. The first-order valence-corrected chi connectivity index (χ1v) is 11.1. The van der Waals surface area contributed by atoms with Gasteiger partial charge in [0.05, 0.1) is 5.56 Å². The Morgan fingerprint density at radius 2 is 1.76 bits per heavy atom. The van der Waals surface area contributed by atoms with Crippen molar-refractivity contribution in [2.45, 2.75) is 32.4 Å². The van der Waals surface area contributed by atoms with E-state index >= 15 is 4.39 Å². The van der Waals surface area contributed by atoms with Crippen LogP contribution in [-0.4, -0.2) is 35.0 Å². The SMILES string of the molecule is CCN(Cc1ccc(-c2cc3cc(Cc4ccccc4)ccc3o2)c(F)c1)CC(C)(O)C=O. The number of hydrogen-bond donors (Lipinski definition) is 1. The molecule has 0 saturated carbocycles. The van der Waals surface area contributed by atoms with Crippen molar-refractivity contribution in [3.8, 4) is 11.3 Å². The van der Waals surface area contributed by atoms with E-state index in [1.54, 1.807) is 6.07 Å². The lowest BCUT2D eigenvalue weighted by Gasteiger charge is -2.27. The molecule has 4 aromatic rings. The molecule has 3 aromatic carbocycles. The number of carbonyl (C=O) groups excluding carboxylic acids is 1. The summed E-state index contributed by atoms with van der Waals surface area (Å²) in [5, 5.41) is 11.0. The van der Waals surface area contributed by atoms with Gasteiger partial charge in [0.1, 0.15) is 22.8 Å². The van der Waals surface area contributed by atoms with E-state index in [4.69, 9.17) is 4.42 Å². The maximum atomic E-state index is 15.0. The number of benzene rings is 3. The average molecular weight is 446 g/mol. The number of nitrogens with zero attached hydrogens (tertiary/aromatic N) is 1. The number of furan rings is 1. The highest BCUT2D eigenvalue weighted by Crippen LogP contribution is 2.31. The minimum absolute atomic E-state index is 0.186. The van der Waals surface area contributed by atoms with Gasteiger partial charge in [0.25, 0.3) is 0 Å². The highest BCUT2D eigenvalue weighted by Gasteiger charge is 2.23. The smallest absolute Gasteiger partial charge is 0.152 e. The van der Waals surface area contributed by atoms with Gasteiger partial charge < -0.3 is 14.3 Å². The van der Waals surface area contributed by atoms with Crippen molar-refractivity contribution in [1.29, 1.82) is 0 Å². The second-order valence-corrected chi connectivity index (χ2v) is 8.74. The molecule has 0 amide bonds. The lowest BCUT2D eigenvalue weighted by atomic mass is 10.0. The molecule has 170 valence electrons. The van der Waals surface area contributed by atoms with Gasteiger partial charge in [-0.15, -0.1) is 0 Å². The standard InChI is InChI=1S/C28H28FNO3/c1-3-30(18-28(2,32)19-31)17-22-9-11-24(25(29)15-22)27-16-23-14-21(10-12-26(23)33-27)13-20-7-5-4-6-8-20/h4-12,14-16,19,32H,3,13,17-18H2,1-2H3. The number of carbonyl (C=O) groups is 1. The highest BCUT2D eigenvalue weighted by molar-refractivity contribution is 5.83. The van der Waals surface area contributed by atoms with Crippen LogP contribution in [0.25, 0.3) is 22.3 Å². The lowest BCUT2D eigenvalue weighted by Crippen LogP contribution is -2.41. The topological polar surface area (TPSA) is 53.7 Å². The van der Waals surface area contributed by atoms with Crippen LogP contribution < -0.4 is 0 Å². The molecule has 4 rings (SSSR count). The van der Waals surface area contributed by atoms with Gasteiger partial charge in [-0.05, 0) is 66.9 Å². The van der Waals surface area contributed by atoms with Crippen LogP contribution >= 0.6 is 0 Å². The van der Waals surface area contributed by atoms with Gasteiger partial charge in [0.2, 0.25) is 0 Å². The molecule has 1 atom stereocenters. The molecule has 1 aromatic heterocycles. The summed E-state index contributed by atoms with van der Waals surface area (Å²) in [6.45, 7) is 4.65. The molecule has 4 nitrogen and oxygen atoms in total. The van der Waals surface area contributed by atoms with Gasteiger partial charge in [-0.25, -0.2) is 4.39 Å². The summed E-state index contributed by atoms with van der Waals surface area (Å²) in [7, 11) is 0.